The first-order valence-corrected chi connectivity index (χ1v) is 8.04. The molecule has 0 fully saturated rings. The highest BCUT2D eigenvalue weighted by Gasteiger charge is 2.31. The molecule has 7 nitrogen and oxygen atoms in total. The fourth-order valence-corrected chi connectivity index (χ4v) is 3.79. The van der Waals surface area contributed by atoms with Crippen molar-refractivity contribution in [2.24, 2.45) is 0 Å². The molecule has 1 aromatic rings. The molecule has 118 valence electrons. The quantitative estimate of drug-likeness (QED) is 0.588. The van der Waals surface area contributed by atoms with E-state index < -0.39 is 20.5 Å². The lowest BCUT2D eigenvalue weighted by Crippen LogP contribution is -2.46. The molecule has 0 radical (unpaired) electrons. The number of benzene rings is 1. The van der Waals surface area contributed by atoms with Crippen LogP contribution in [-0.2, 0) is 10.0 Å². The van der Waals surface area contributed by atoms with E-state index in [1.807, 2.05) is 0 Å². The zero-order valence-electron chi connectivity index (χ0n) is 12.3. The van der Waals surface area contributed by atoms with Crippen LogP contribution in [0.5, 0.6) is 0 Å². The van der Waals surface area contributed by atoms with Crippen LogP contribution >= 0.6 is 0 Å². The van der Waals surface area contributed by atoms with Crippen LogP contribution in [0.4, 0.5) is 5.69 Å². The van der Waals surface area contributed by atoms with Crippen LogP contribution < -0.4 is 4.72 Å². The first-order chi connectivity index (χ1) is 9.67. The van der Waals surface area contributed by atoms with E-state index >= 15 is 0 Å². The summed E-state index contributed by atoms with van der Waals surface area (Å²) in [6.07, 6.45) is 0.747. The first-order valence-electron chi connectivity index (χ1n) is 6.55. The van der Waals surface area contributed by atoms with Gasteiger partial charge in [0.05, 0.1) is 9.82 Å². The van der Waals surface area contributed by atoms with E-state index in [4.69, 9.17) is 5.11 Å². The minimum absolute atomic E-state index is 0.0949. The number of sulfonamides is 1. The molecule has 0 aliphatic heterocycles. The van der Waals surface area contributed by atoms with Gasteiger partial charge >= 0.3 is 0 Å². The Kier molecular flexibility index (Phi) is 5.43. The SMILES string of the molecule is CCC(C)(CCO)NS(=O)(=O)c1cccc([N+](=O)[O-])c1C. The average Bonchev–Trinajstić information content (AvgIpc) is 2.38. The molecule has 0 saturated heterocycles. The number of aliphatic hydroxyl groups excluding tert-OH is 1. The van der Waals surface area contributed by atoms with E-state index in [1.54, 1.807) is 13.8 Å². The Labute approximate surface area is 124 Å². The molecule has 1 rings (SSSR count). The molecule has 1 aromatic carbocycles. The Morgan fingerprint density at radius 1 is 1.43 bits per heavy atom. The van der Waals surface area contributed by atoms with Crippen LogP contribution in [0, 0.1) is 17.0 Å². The predicted octanol–water partition coefficient (Wildman–Crippen LogP) is 1.73. The van der Waals surface area contributed by atoms with E-state index in [0.717, 1.165) is 0 Å². The number of aliphatic hydroxyl groups is 1. The second kappa shape index (κ2) is 6.50. The van der Waals surface area contributed by atoms with Gasteiger partial charge in [0, 0.05) is 23.8 Å². The molecule has 2 N–H and O–H groups in total. The Morgan fingerprint density at radius 2 is 2.05 bits per heavy atom. The number of hydrogen-bond acceptors (Lipinski definition) is 5. The third-order valence-electron chi connectivity index (χ3n) is 3.57. The van der Waals surface area contributed by atoms with Gasteiger partial charge in [-0.25, -0.2) is 13.1 Å². The second-order valence-electron chi connectivity index (χ2n) is 5.15. The summed E-state index contributed by atoms with van der Waals surface area (Å²) >= 11 is 0. The van der Waals surface area contributed by atoms with Crippen LogP contribution in [0.2, 0.25) is 0 Å². The van der Waals surface area contributed by atoms with E-state index in [-0.39, 0.29) is 29.2 Å². The summed E-state index contributed by atoms with van der Waals surface area (Å²) in [4.78, 5) is 10.2. The number of hydrogen-bond donors (Lipinski definition) is 2. The molecule has 0 spiro atoms. The zero-order chi connectivity index (χ0) is 16.3. The van der Waals surface area contributed by atoms with Crippen LogP contribution in [0.25, 0.3) is 0 Å². The Bertz CT molecular complexity index is 629. The fourth-order valence-electron chi connectivity index (χ4n) is 2.02. The predicted molar refractivity (Wildman–Crippen MR) is 78.6 cm³/mol. The topological polar surface area (TPSA) is 110 Å². The Morgan fingerprint density at radius 3 is 2.52 bits per heavy atom. The van der Waals surface area contributed by atoms with Crippen molar-refractivity contribution in [1.29, 1.82) is 0 Å². The standard InChI is InChI=1S/C13H20N2O5S/c1-4-13(3,8-9-16)14-21(19,20)12-7-5-6-11(10(12)2)15(17)18/h5-7,14,16H,4,8-9H2,1-3H3. The summed E-state index contributed by atoms with van der Waals surface area (Å²) in [6, 6.07) is 3.94. The number of nitrogens with zero attached hydrogens (tertiary/aromatic N) is 1. The second-order valence-corrected chi connectivity index (χ2v) is 6.80. The summed E-state index contributed by atoms with van der Waals surface area (Å²) in [5, 5.41) is 19.9. The first kappa shape index (κ1) is 17.5. The molecule has 8 heteroatoms. The molecule has 0 aliphatic carbocycles. The fraction of sp³-hybridized carbons (Fsp3) is 0.538. The normalized spacial score (nSPS) is 14.7. The van der Waals surface area contributed by atoms with Gasteiger partial charge in [0.25, 0.3) is 5.69 Å². The van der Waals surface area contributed by atoms with Gasteiger partial charge in [-0.2, -0.15) is 0 Å². The maximum atomic E-state index is 12.5. The van der Waals surface area contributed by atoms with Gasteiger partial charge in [-0.3, -0.25) is 10.1 Å². The van der Waals surface area contributed by atoms with Crippen LogP contribution in [0.15, 0.2) is 23.1 Å². The van der Waals surface area contributed by atoms with E-state index in [2.05, 4.69) is 4.72 Å². The Hall–Kier alpha value is -1.51. The van der Waals surface area contributed by atoms with Crippen molar-refractivity contribution >= 4 is 15.7 Å². The molecule has 0 amide bonds. The minimum Gasteiger partial charge on any atom is -0.396 e. The van der Waals surface area contributed by atoms with Crippen molar-refractivity contribution in [3.63, 3.8) is 0 Å². The molecular weight excluding hydrogens is 296 g/mol. The number of rotatable bonds is 7. The third kappa shape index (κ3) is 3.99. The highest BCUT2D eigenvalue weighted by molar-refractivity contribution is 7.89. The monoisotopic (exact) mass is 316 g/mol. The molecule has 0 aliphatic rings. The number of nitro benzene ring substituents is 1. The maximum absolute atomic E-state index is 12.5. The van der Waals surface area contributed by atoms with Crippen molar-refractivity contribution in [3.8, 4) is 0 Å². The molecule has 1 atom stereocenters. The molecule has 0 heterocycles. The summed E-state index contributed by atoms with van der Waals surface area (Å²) in [5.41, 5.74) is -0.944. The summed E-state index contributed by atoms with van der Waals surface area (Å²) in [7, 11) is -3.90. The smallest absolute Gasteiger partial charge is 0.273 e. The van der Waals surface area contributed by atoms with Gasteiger partial charge in [0.15, 0.2) is 0 Å². The third-order valence-corrected chi connectivity index (χ3v) is 5.35. The number of nitro groups is 1. The van der Waals surface area contributed by atoms with E-state index in [1.165, 1.54) is 25.1 Å². The van der Waals surface area contributed by atoms with Gasteiger partial charge in [-0.05, 0) is 32.8 Å². The lowest BCUT2D eigenvalue weighted by molar-refractivity contribution is -0.385. The van der Waals surface area contributed by atoms with Crippen LogP contribution in [0.3, 0.4) is 0 Å². The molecule has 0 bridgehead atoms. The van der Waals surface area contributed by atoms with Crippen molar-refractivity contribution in [2.45, 2.75) is 44.0 Å². The minimum atomic E-state index is -3.90. The molecular formula is C13H20N2O5S. The van der Waals surface area contributed by atoms with Crippen molar-refractivity contribution < 1.29 is 18.4 Å². The largest absolute Gasteiger partial charge is 0.396 e. The van der Waals surface area contributed by atoms with Crippen LogP contribution in [-0.4, -0.2) is 30.6 Å². The summed E-state index contributed by atoms with van der Waals surface area (Å²) in [5.74, 6) is 0. The van der Waals surface area contributed by atoms with Crippen LogP contribution in [0.1, 0.15) is 32.3 Å². The highest BCUT2D eigenvalue weighted by Crippen LogP contribution is 2.26. The maximum Gasteiger partial charge on any atom is 0.273 e. The number of nitrogens with one attached hydrogen (secondary N) is 1. The van der Waals surface area contributed by atoms with Gasteiger partial charge in [-0.15, -0.1) is 0 Å². The highest BCUT2D eigenvalue weighted by atomic mass is 32.2. The van der Waals surface area contributed by atoms with Gasteiger partial charge < -0.3 is 5.11 Å². The van der Waals surface area contributed by atoms with Gasteiger partial charge in [0.2, 0.25) is 10.0 Å². The van der Waals surface area contributed by atoms with E-state index in [9.17, 15) is 18.5 Å². The lowest BCUT2D eigenvalue weighted by atomic mass is 9.97. The van der Waals surface area contributed by atoms with Gasteiger partial charge in [-0.1, -0.05) is 13.0 Å². The zero-order valence-corrected chi connectivity index (χ0v) is 13.1. The summed E-state index contributed by atoms with van der Waals surface area (Å²) in [6.45, 7) is 4.74. The van der Waals surface area contributed by atoms with E-state index in [0.29, 0.717) is 6.42 Å². The average molecular weight is 316 g/mol. The molecule has 21 heavy (non-hydrogen) atoms. The van der Waals surface area contributed by atoms with Gasteiger partial charge in [0.1, 0.15) is 0 Å². The molecule has 0 aromatic heterocycles. The van der Waals surface area contributed by atoms with Crippen molar-refractivity contribution in [2.75, 3.05) is 6.61 Å². The molecule has 0 saturated carbocycles. The lowest BCUT2D eigenvalue weighted by Gasteiger charge is -2.28. The Balaban J connectivity index is 3.26. The molecule has 1 unspecified atom stereocenters. The van der Waals surface area contributed by atoms with Crippen molar-refractivity contribution in [3.05, 3.63) is 33.9 Å². The van der Waals surface area contributed by atoms with Crippen molar-refractivity contribution in [1.82, 2.24) is 4.72 Å². The summed E-state index contributed by atoms with van der Waals surface area (Å²) < 4.78 is 27.5.